The van der Waals surface area contributed by atoms with Crippen LogP contribution in [0.15, 0.2) is 30.5 Å². The third-order valence-electron chi connectivity index (χ3n) is 4.14. The first-order valence-electron chi connectivity index (χ1n) is 7.09. The molecular weight excluding hydrogens is 268 g/mol. The van der Waals surface area contributed by atoms with E-state index in [9.17, 15) is 9.59 Å². The summed E-state index contributed by atoms with van der Waals surface area (Å²) in [5.74, 6) is -1.12. The lowest BCUT2D eigenvalue weighted by Crippen LogP contribution is -2.43. The summed E-state index contributed by atoms with van der Waals surface area (Å²) in [6.07, 6.45) is 4.01. The quantitative estimate of drug-likeness (QED) is 0.881. The molecule has 0 bridgehead atoms. The second-order valence-corrected chi connectivity index (χ2v) is 5.72. The number of nitrogens with zero attached hydrogens (tertiary/aromatic N) is 1. The van der Waals surface area contributed by atoms with Gasteiger partial charge in [0.1, 0.15) is 5.54 Å². The molecule has 1 fully saturated rings. The van der Waals surface area contributed by atoms with Crippen LogP contribution in [0.5, 0.6) is 0 Å². The number of benzene rings is 1. The first-order valence-corrected chi connectivity index (χ1v) is 7.09. The van der Waals surface area contributed by atoms with E-state index in [1.54, 1.807) is 0 Å². The third-order valence-corrected chi connectivity index (χ3v) is 4.14. The van der Waals surface area contributed by atoms with Gasteiger partial charge in [-0.15, -0.1) is 0 Å². The zero-order chi connectivity index (χ0) is 15.0. The Labute approximate surface area is 122 Å². The van der Waals surface area contributed by atoms with Crippen molar-refractivity contribution in [3.63, 3.8) is 0 Å². The van der Waals surface area contributed by atoms with Crippen LogP contribution >= 0.6 is 0 Å². The van der Waals surface area contributed by atoms with Crippen LogP contribution in [0, 0.1) is 0 Å². The minimum atomic E-state index is -0.990. The van der Waals surface area contributed by atoms with Crippen molar-refractivity contribution in [3.8, 4) is 0 Å². The predicted octanol–water partition coefficient (Wildman–Crippen LogP) is 1.84. The van der Waals surface area contributed by atoms with Crippen LogP contribution < -0.4 is 5.32 Å². The highest BCUT2D eigenvalue weighted by Gasteiger charge is 2.51. The SMILES string of the molecule is Cn1cc(CCC(=O)NC2(C(=O)O)CC2)c2ccccc21. The van der Waals surface area contributed by atoms with E-state index < -0.39 is 11.5 Å². The molecule has 0 spiro atoms. The van der Waals surface area contributed by atoms with Crippen molar-refractivity contribution in [3.05, 3.63) is 36.0 Å². The van der Waals surface area contributed by atoms with Crippen molar-refractivity contribution in [2.24, 2.45) is 7.05 Å². The summed E-state index contributed by atoms with van der Waals surface area (Å²) in [7, 11) is 1.98. The molecule has 0 atom stereocenters. The largest absolute Gasteiger partial charge is 0.480 e. The number of amides is 1. The lowest BCUT2D eigenvalue weighted by molar-refractivity contribution is -0.143. The van der Waals surface area contributed by atoms with E-state index in [4.69, 9.17) is 5.11 Å². The molecule has 0 radical (unpaired) electrons. The van der Waals surface area contributed by atoms with Crippen molar-refractivity contribution in [2.75, 3.05) is 0 Å². The number of hydrogen-bond donors (Lipinski definition) is 2. The number of carbonyl (C=O) groups is 2. The van der Waals surface area contributed by atoms with Gasteiger partial charge in [-0.2, -0.15) is 0 Å². The number of hydrogen-bond acceptors (Lipinski definition) is 2. The highest BCUT2D eigenvalue weighted by Crippen LogP contribution is 2.35. The molecule has 2 N–H and O–H groups in total. The van der Waals surface area contributed by atoms with Gasteiger partial charge in [0, 0.05) is 30.6 Å². The van der Waals surface area contributed by atoms with Crippen LogP contribution in [-0.4, -0.2) is 27.1 Å². The maximum atomic E-state index is 11.9. The Hall–Kier alpha value is -2.30. The monoisotopic (exact) mass is 286 g/mol. The summed E-state index contributed by atoms with van der Waals surface area (Å²) in [6.45, 7) is 0. The molecule has 21 heavy (non-hydrogen) atoms. The number of aliphatic carboxylic acids is 1. The minimum absolute atomic E-state index is 0.192. The number of aromatic nitrogens is 1. The van der Waals surface area contributed by atoms with Crippen LogP contribution in [0.3, 0.4) is 0 Å². The molecule has 2 aromatic rings. The maximum Gasteiger partial charge on any atom is 0.329 e. The summed E-state index contributed by atoms with van der Waals surface area (Å²) >= 11 is 0. The normalized spacial score (nSPS) is 15.9. The molecule has 5 heteroatoms. The Kier molecular flexibility index (Phi) is 3.20. The number of fused-ring (bicyclic) bond motifs is 1. The Morgan fingerprint density at radius 2 is 2.05 bits per heavy atom. The molecule has 1 heterocycles. The maximum absolute atomic E-state index is 11.9. The second-order valence-electron chi connectivity index (χ2n) is 5.72. The fourth-order valence-electron chi connectivity index (χ4n) is 2.72. The van der Waals surface area contributed by atoms with Crippen molar-refractivity contribution in [2.45, 2.75) is 31.2 Å². The Morgan fingerprint density at radius 1 is 1.33 bits per heavy atom. The van der Waals surface area contributed by atoms with E-state index in [0.717, 1.165) is 16.5 Å². The molecule has 1 aromatic heterocycles. The Balaban J connectivity index is 1.67. The van der Waals surface area contributed by atoms with E-state index in [0.29, 0.717) is 25.7 Å². The zero-order valence-electron chi connectivity index (χ0n) is 11.9. The molecular formula is C16H18N2O3. The summed E-state index contributed by atoms with van der Waals surface area (Å²) in [5, 5.41) is 12.9. The minimum Gasteiger partial charge on any atom is -0.480 e. The van der Waals surface area contributed by atoms with Gasteiger partial charge in [0.05, 0.1) is 0 Å². The molecule has 1 aliphatic rings. The van der Waals surface area contributed by atoms with Crippen molar-refractivity contribution in [1.82, 2.24) is 9.88 Å². The zero-order valence-corrected chi connectivity index (χ0v) is 11.9. The first-order chi connectivity index (χ1) is 10.0. The number of nitrogens with one attached hydrogen (secondary N) is 1. The number of rotatable bonds is 5. The van der Waals surface area contributed by atoms with E-state index in [-0.39, 0.29) is 5.91 Å². The molecule has 110 valence electrons. The number of para-hydroxylation sites is 1. The average Bonchev–Trinajstić information content (AvgIpc) is 3.17. The van der Waals surface area contributed by atoms with Crippen LogP contribution in [0.1, 0.15) is 24.8 Å². The van der Waals surface area contributed by atoms with E-state index >= 15 is 0 Å². The van der Waals surface area contributed by atoms with Gasteiger partial charge in [-0.1, -0.05) is 18.2 Å². The molecule has 0 aliphatic heterocycles. The number of carboxylic acid groups (broad SMARTS) is 1. The highest BCUT2D eigenvalue weighted by atomic mass is 16.4. The van der Waals surface area contributed by atoms with Gasteiger partial charge in [0.2, 0.25) is 5.91 Å². The first kappa shape index (κ1) is 13.7. The number of carbonyl (C=O) groups excluding carboxylic acids is 1. The van der Waals surface area contributed by atoms with Crippen molar-refractivity contribution in [1.29, 1.82) is 0 Å². The molecule has 5 nitrogen and oxygen atoms in total. The van der Waals surface area contributed by atoms with Crippen LogP contribution in [0.2, 0.25) is 0 Å². The Bertz CT molecular complexity index is 713. The third kappa shape index (κ3) is 2.51. The smallest absolute Gasteiger partial charge is 0.329 e. The predicted molar refractivity (Wildman–Crippen MR) is 79.0 cm³/mol. The molecule has 1 amide bonds. The van der Waals surface area contributed by atoms with Gasteiger partial charge < -0.3 is 15.0 Å². The van der Waals surface area contributed by atoms with Gasteiger partial charge >= 0.3 is 5.97 Å². The van der Waals surface area contributed by atoms with E-state index in [1.165, 1.54) is 0 Å². The summed E-state index contributed by atoms with van der Waals surface area (Å²) in [4.78, 5) is 23.0. The summed E-state index contributed by atoms with van der Waals surface area (Å²) in [6, 6.07) is 8.06. The van der Waals surface area contributed by atoms with Gasteiger partial charge in [0.25, 0.3) is 0 Å². The topological polar surface area (TPSA) is 71.3 Å². The lowest BCUT2D eigenvalue weighted by atomic mass is 10.1. The molecule has 0 saturated heterocycles. The number of aryl methyl sites for hydroxylation is 2. The molecule has 1 saturated carbocycles. The number of carboxylic acids is 1. The van der Waals surface area contributed by atoms with Gasteiger partial charge in [-0.25, -0.2) is 4.79 Å². The van der Waals surface area contributed by atoms with Crippen molar-refractivity contribution >= 4 is 22.8 Å². The van der Waals surface area contributed by atoms with Gasteiger partial charge in [0.15, 0.2) is 0 Å². The molecule has 1 aromatic carbocycles. The highest BCUT2D eigenvalue weighted by molar-refractivity contribution is 5.90. The fourth-order valence-corrected chi connectivity index (χ4v) is 2.72. The van der Waals surface area contributed by atoms with Crippen LogP contribution in [0.4, 0.5) is 0 Å². The standard InChI is InChI=1S/C16H18N2O3/c1-18-10-11(12-4-2-3-5-13(12)18)6-7-14(19)17-16(8-9-16)15(20)21/h2-5,10H,6-9H2,1H3,(H,17,19)(H,20,21). The molecule has 3 rings (SSSR count). The van der Waals surface area contributed by atoms with Gasteiger partial charge in [-0.05, 0) is 30.9 Å². The van der Waals surface area contributed by atoms with Crippen LogP contribution in [0.25, 0.3) is 10.9 Å². The fraction of sp³-hybridized carbons (Fsp3) is 0.375. The van der Waals surface area contributed by atoms with Crippen LogP contribution in [-0.2, 0) is 23.1 Å². The molecule has 0 unspecified atom stereocenters. The molecule has 1 aliphatic carbocycles. The average molecular weight is 286 g/mol. The van der Waals surface area contributed by atoms with Crippen molar-refractivity contribution < 1.29 is 14.7 Å². The Morgan fingerprint density at radius 3 is 2.71 bits per heavy atom. The van der Waals surface area contributed by atoms with Gasteiger partial charge in [-0.3, -0.25) is 4.79 Å². The van der Waals surface area contributed by atoms with E-state index in [2.05, 4.69) is 5.32 Å². The summed E-state index contributed by atoms with van der Waals surface area (Å²) < 4.78 is 2.04. The second kappa shape index (κ2) is 4.91. The lowest BCUT2D eigenvalue weighted by Gasteiger charge is -2.12. The van der Waals surface area contributed by atoms with E-state index in [1.807, 2.05) is 42.1 Å². The summed E-state index contributed by atoms with van der Waals surface area (Å²) in [5.41, 5.74) is 1.26.